The lowest BCUT2D eigenvalue weighted by atomic mass is 10.2. The molecule has 0 spiro atoms. The van der Waals surface area contributed by atoms with Gasteiger partial charge in [0.05, 0.1) is 5.56 Å². The summed E-state index contributed by atoms with van der Waals surface area (Å²) in [6, 6.07) is 1.90. The molecule has 17 heavy (non-hydrogen) atoms. The summed E-state index contributed by atoms with van der Waals surface area (Å²) in [6.45, 7) is 0. The second-order valence-electron chi connectivity index (χ2n) is 2.66. The zero-order valence-corrected chi connectivity index (χ0v) is 9.31. The van der Waals surface area contributed by atoms with Crippen LogP contribution in [0.2, 0.25) is 0 Å². The molecule has 0 amide bonds. The highest BCUT2D eigenvalue weighted by molar-refractivity contribution is 9.10. The highest BCUT2D eigenvalue weighted by Gasteiger charge is 2.33. The minimum Gasteiger partial charge on any atom is -0.388 e. The summed E-state index contributed by atoms with van der Waals surface area (Å²) >= 11 is 2.63. The molecule has 3 nitrogen and oxygen atoms in total. The Morgan fingerprint density at radius 2 is 2.00 bits per heavy atom. The second kappa shape index (κ2) is 4.83. The summed E-state index contributed by atoms with van der Waals surface area (Å²) in [5.41, 5.74) is -1.60. The smallest absolute Gasteiger partial charge is 0.388 e. The van der Waals surface area contributed by atoms with E-state index in [1.807, 2.05) is 0 Å². The summed E-state index contributed by atoms with van der Waals surface area (Å²) in [6.07, 6.45) is -8.04. The van der Waals surface area contributed by atoms with Gasteiger partial charge in [0, 0.05) is 10.5 Å². The van der Waals surface area contributed by atoms with Crippen LogP contribution in [0.15, 0.2) is 10.5 Å². The molecule has 0 aromatic carbocycles. The molecule has 0 N–H and O–H groups in total. The molecule has 1 aromatic rings. The maximum absolute atomic E-state index is 12.5. The van der Waals surface area contributed by atoms with E-state index in [9.17, 15) is 22.0 Å². The monoisotopic (exact) mass is 316 g/mol. The predicted octanol–water partition coefficient (Wildman–Crippen LogP) is 3.55. The summed E-state index contributed by atoms with van der Waals surface area (Å²) < 4.78 is 63.5. The first-order chi connectivity index (χ1) is 7.74. The maximum atomic E-state index is 12.5. The van der Waals surface area contributed by atoms with Gasteiger partial charge in [-0.3, -0.25) is 0 Å². The number of hydrogen-bond donors (Lipinski definition) is 0. The molecule has 0 saturated carbocycles. The maximum Gasteiger partial charge on any atom is 0.574 e. The van der Waals surface area contributed by atoms with Gasteiger partial charge in [-0.1, -0.05) is 15.9 Å². The molecule has 92 valence electrons. The standard InChI is InChI=1S/C8H2BrF5N2O/c9-3-1-5(17-8(12,13)14)16-4(2-15)6(3)7(10)11/h1,7H. The molecular weight excluding hydrogens is 315 g/mol. The topological polar surface area (TPSA) is 45.9 Å². The molecule has 1 aromatic heterocycles. The molecule has 0 fully saturated rings. The van der Waals surface area contributed by atoms with Gasteiger partial charge in [-0.05, 0) is 0 Å². The first-order valence-electron chi connectivity index (χ1n) is 3.89. The Hall–Kier alpha value is -1.43. The van der Waals surface area contributed by atoms with Crippen LogP contribution < -0.4 is 4.74 Å². The SMILES string of the molecule is N#Cc1nc(OC(F)(F)F)cc(Br)c1C(F)F. The number of pyridine rings is 1. The van der Waals surface area contributed by atoms with Gasteiger partial charge in [-0.15, -0.1) is 13.2 Å². The third-order valence-electron chi connectivity index (χ3n) is 1.53. The van der Waals surface area contributed by atoms with Gasteiger partial charge in [0.25, 0.3) is 6.43 Å². The first-order valence-corrected chi connectivity index (χ1v) is 4.68. The van der Waals surface area contributed by atoms with Gasteiger partial charge in [0.1, 0.15) is 6.07 Å². The Morgan fingerprint density at radius 3 is 2.41 bits per heavy atom. The van der Waals surface area contributed by atoms with Crippen molar-refractivity contribution in [1.82, 2.24) is 4.98 Å². The number of rotatable bonds is 2. The van der Waals surface area contributed by atoms with E-state index < -0.39 is 29.9 Å². The van der Waals surface area contributed by atoms with Crippen molar-refractivity contribution in [2.75, 3.05) is 0 Å². The van der Waals surface area contributed by atoms with Crippen molar-refractivity contribution in [2.24, 2.45) is 0 Å². The molecule has 0 aliphatic carbocycles. The van der Waals surface area contributed by atoms with E-state index in [2.05, 4.69) is 25.7 Å². The van der Waals surface area contributed by atoms with Gasteiger partial charge in [0.2, 0.25) is 5.88 Å². The number of halogens is 6. The van der Waals surface area contributed by atoms with E-state index in [-0.39, 0.29) is 4.47 Å². The van der Waals surface area contributed by atoms with Crippen LogP contribution in [0.25, 0.3) is 0 Å². The molecule has 0 unspecified atom stereocenters. The van der Waals surface area contributed by atoms with Gasteiger partial charge in [-0.25, -0.2) is 13.8 Å². The average Bonchev–Trinajstić information content (AvgIpc) is 2.12. The number of aromatic nitrogens is 1. The average molecular weight is 317 g/mol. The van der Waals surface area contributed by atoms with Crippen molar-refractivity contribution in [3.63, 3.8) is 0 Å². The minimum atomic E-state index is -5.01. The van der Waals surface area contributed by atoms with Gasteiger partial charge in [0.15, 0.2) is 5.69 Å². The van der Waals surface area contributed by atoms with E-state index in [1.54, 1.807) is 0 Å². The van der Waals surface area contributed by atoms with E-state index in [0.29, 0.717) is 6.07 Å². The van der Waals surface area contributed by atoms with E-state index in [1.165, 1.54) is 6.07 Å². The fourth-order valence-corrected chi connectivity index (χ4v) is 1.52. The first kappa shape index (κ1) is 13.6. The quantitative estimate of drug-likeness (QED) is 0.784. The zero-order valence-electron chi connectivity index (χ0n) is 7.73. The van der Waals surface area contributed by atoms with Crippen molar-refractivity contribution in [1.29, 1.82) is 5.26 Å². The summed E-state index contributed by atoms with van der Waals surface area (Å²) in [7, 11) is 0. The van der Waals surface area contributed by atoms with Gasteiger partial charge < -0.3 is 4.74 Å². The molecule has 0 radical (unpaired) electrons. The van der Waals surface area contributed by atoms with Crippen LogP contribution in [-0.4, -0.2) is 11.3 Å². The van der Waals surface area contributed by atoms with E-state index >= 15 is 0 Å². The van der Waals surface area contributed by atoms with Crippen molar-refractivity contribution >= 4 is 15.9 Å². The largest absolute Gasteiger partial charge is 0.574 e. The second-order valence-corrected chi connectivity index (χ2v) is 3.52. The molecule has 9 heteroatoms. The van der Waals surface area contributed by atoms with Crippen LogP contribution in [-0.2, 0) is 0 Å². The van der Waals surface area contributed by atoms with Crippen LogP contribution >= 0.6 is 15.9 Å². The highest BCUT2D eigenvalue weighted by atomic mass is 79.9. The van der Waals surface area contributed by atoms with E-state index in [4.69, 9.17) is 5.26 Å². The minimum absolute atomic E-state index is 0.377. The van der Waals surface area contributed by atoms with Crippen LogP contribution in [0.4, 0.5) is 22.0 Å². The molecule has 0 bridgehead atoms. The molecule has 0 aliphatic heterocycles. The van der Waals surface area contributed by atoms with Gasteiger partial charge in [-0.2, -0.15) is 5.26 Å². The molecular formula is C8H2BrF5N2O. The molecule has 0 aliphatic rings. The summed E-state index contributed by atoms with van der Waals surface area (Å²) in [5, 5.41) is 8.51. The number of hydrogen-bond acceptors (Lipinski definition) is 3. The van der Waals surface area contributed by atoms with Crippen molar-refractivity contribution in [3.8, 4) is 11.9 Å². The molecule has 1 rings (SSSR count). The van der Waals surface area contributed by atoms with Crippen LogP contribution in [0.5, 0.6) is 5.88 Å². The lowest BCUT2D eigenvalue weighted by molar-refractivity contribution is -0.276. The zero-order chi connectivity index (χ0) is 13.2. The predicted molar refractivity (Wildman–Crippen MR) is 48.3 cm³/mol. The summed E-state index contributed by atoms with van der Waals surface area (Å²) in [4.78, 5) is 3.05. The fourth-order valence-electron chi connectivity index (χ4n) is 0.966. The van der Waals surface area contributed by atoms with Crippen LogP contribution in [0.3, 0.4) is 0 Å². The van der Waals surface area contributed by atoms with Crippen molar-refractivity contribution in [2.45, 2.75) is 12.8 Å². The van der Waals surface area contributed by atoms with E-state index in [0.717, 1.165) is 0 Å². The van der Waals surface area contributed by atoms with Crippen molar-refractivity contribution in [3.05, 3.63) is 21.8 Å². The highest BCUT2D eigenvalue weighted by Crippen LogP contribution is 2.33. The van der Waals surface area contributed by atoms with Crippen LogP contribution in [0.1, 0.15) is 17.7 Å². The number of alkyl halides is 5. The molecule has 1 heterocycles. The third kappa shape index (κ3) is 3.52. The Morgan fingerprint density at radius 1 is 1.41 bits per heavy atom. The Balaban J connectivity index is 3.24. The fraction of sp³-hybridized carbons (Fsp3) is 0.250. The normalized spacial score (nSPS) is 11.4. The number of nitrogens with zero attached hydrogens (tertiary/aromatic N) is 2. The number of ether oxygens (including phenoxy) is 1. The third-order valence-corrected chi connectivity index (χ3v) is 2.19. The summed E-state index contributed by atoms with van der Waals surface area (Å²) in [5.74, 6) is -0.981. The molecule has 0 atom stereocenters. The Labute approximate surface area is 99.9 Å². The molecule has 0 saturated heterocycles. The van der Waals surface area contributed by atoms with Crippen LogP contribution in [0, 0.1) is 11.3 Å². The Kier molecular flexibility index (Phi) is 3.87. The van der Waals surface area contributed by atoms with Gasteiger partial charge >= 0.3 is 6.36 Å². The number of nitriles is 1. The lowest BCUT2D eigenvalue weighted by Crippen LogP contribution is -2.18. The lowest BCUT2D eigenvalue weighted by Gasteiger charge is -2.10. The van der Waals surface area contributed by atoms with Crippen molar-refractivity contribution < 1.29 is 26.7 Å². The Bertz CT molecular complexity index is 468.